The molecule has 0 spiro atoms. The number of hydrogen-bond acceptors (Lipinski definition) is 2. The summed E-state index contributed by atoms with van der Waals surface area (Å²) in [6.07, 6.45) is 0. The van der Waals surface area contributed by atoms with E-state index in [1.165, 1.54) is 0 Å². The molecule has 0 bridgehead atoms. The van der Waals surface area contributed by atoms with Crippen molar-refractivity contribution in [2.75, 3.05) is 5.75 Å². The fourth-order valence-corrected chi connectivity index (χ4v) is 3.11. The Labute approximate surface area is 127 Å². The second-order valence-corrected chi connectivity index (χ2v) is 6.37. The van der Waals surface area contributed by atoms with E-state index < -0.39 is 10.8 Å². The number of nitrogens with one attached hydrogen (secondary N) is 1. The zero-order valence-electron chi connectivity index (χ0n) is 12.0. The molecule has 2 aromatic carbocycles. The van der Waals surface area contributed by atoms with Gasteiger partial charge in [-0.2, -0.15) is 0 Å². The maximum atomic E-state index is 12.0. The van der Waals surface area contributed by atoms with Crippen LogP contribution < -0.4 is 5.32 Å². The van der Waals surface area contributed by atoms with Crippen molar-refractivity contribution >= 4 is 16.7 Å². The highest BCUT2D eigenvalue weighted by molar-refractivity contribution is 7.84. The van der Waals surface area contributed by atoms with Crippen LogP contribution in [-0.4, -0.2) is 15.9 Å². The summed E-state index contributed by atoms with van der Waals surface area (Å²) in [7, 11) is -1.19. The Bertz CT molecular complexity index is 599. The highest BCUT2D eigenvalue weighted by Crippen LogP contribution is 2.11. The van der Waals surface area contributed by atoms with Crippen LogP contribution in [0.2, 0.25) is 0 Å². The van der Waals surface area contributed by atoms with Crippen LogP contribution >= 0.6 is 0 Å². The van der Waals surface area contributed by atoms with E-state index in [9.17, 15) is 9.00 Å². The van der Waals surface area contributed by atoms with Gasteiger partial charge in [0.2, 0.25) is 5.91 Å². The van der Waals surface area contributed by atoms with Crippen molar-refractivity contribution in [2.24, 2.45) is 0 Å². The molecule has 0 fully saturated rings. The maximum Gasteiger partial charge on any atom is 0.233 e. The number of carbonyl (C=O) groups is 1. The van der Waals surface area contributed by atoms with E-state index in [-0.39, 0.29) is 17.7 Å². The molecule has 4 heteroatoms. The van der Waals surface area contributed by atoms with Gasteiger partial charge in [-0.3, -0.25) is 9.00 Å². The van der Waals surface area contributed by atoms with Gasteiger partial charge in [0.1, 0.15) is 5.75 Å². The van der Waals surface area contributed by atoms with Gasteiger partial charge in [0, 0.05) is 16.6 Å². The van der Waals surface area contributed by atoms with Crippen molar-refractivity contribution in [2.45, 2.75) is 18.7 Å². The summed E-state index contributed by atoms with van der Waals surface area (Å²) in [5.74, 6) is 0.265. The highest BCUT2D eigenvalue weighted by Gasteiger charge is 2.12. The molecule has 0 aromatic heterocycles. The van der Waals surface area contributed by atoms with Gasteiger partial charge in [0.05, 0.1) is 6.04 Å². The quantitative estimate of drug-likeness (QED) is 0.892. The number of hydrogen-bond donors (Lipinski definition) is 1. The third-order valence-electron chi connectivity index (χ3n) is 3.14. The van der Waals surface area contributed by atoms with Gasteiger partial charge >= 0.3 is 0 Å². The second kappa shape index (κ2) is 7.74. The molecule has 0 aliphatic rings. The Hall–Kier alpha value is -1.94. The van der Waals surface area contributed by atoms with Crippen LogP contribution in [0, 0.1) is 0 Å². The molecule has 0 aliphatic carbocycles. The van der Waals surface area contributed by atoms with Gasteiger partial charge in [-0.25, -0.2) is 0 Å². The third kappa shape index (κ3) is 5.16. The van der Waals surface area contributed by atoms with Gasteiger partial charge in [-0.05, 0) is 18.1 Å². The molecule has 3 nitrogen and oxygen atoms in total. The van der Waals surface area contributed by atoms with E-state index in [2.05, 4.69) is 5.32 Å². The predicted molar refractivity (Wildman–Crippen MR) is 86.2 cm³/mol. The average Bonchev–Trinajstić information content (AvgIpc) is 2.48. The van der Waals surface area contributed by atoms with Gasteiger partial charge in [0.15, 0.2) is 0 Å². The lowest BCUT2D eigenvalue weighted by Gasteiger charge is -2.14. The topological polar surface area (TPSA) is 46.2 Å². The highest BCUT2D eigenvalue weighted by atomic mass is 32.2. The Morgan fingerprint density at radius 3 is 2.24 bits per heavy atom. The summed E-state index contributed by atoms with van der Waals surface area (Å²) in [5.41, 5.74) is 2.03. The molecule has 2 aromatic rings. The largest absolute Gasteiger partial charge is 0.349 e. The predicted octanol–water partition coefficient (Wildman–Crippen LogP) is 2.81. The Balaban J connectivity index is 1.83. The van der Waals surface area contributed by atoms with E-state index in [0.717, 1.165) is 11.1 Å². The van der Waals surface area contributed by atoms with Crippen LogP contribution in [0.4, 0.5) is 0 Å². The molecular formula is C17H19NO2S. The molecule has 1 amide bonds. The molecule has 0 saturated carbocycles. The van der Waals surface area contributed by atoms with Crippen molar-refractivity contribution in [3.05, 3.63) is 71.8 Å². The molecule has 2 rings (SSSR count). The van der Waals surface area contributed by atoms with Gasteiger partial charge in [-0.15, -0.1) is 0 Å². The molecule has 2 unspecified atom stereocenters. The van der Waals surface area contributed by atoms with Crippen molar-refractivity contribution in [3.63, 3.8) is 0 Å². The normalized spacial score (nSPS) is 13.4. The first kappa shape index (κ1) is 15.4. The minimum Gasteiger partial charge on any atom is -0.349 e. The van der Waals surface area contributed by atoms with E-state index in [4.69, 9.17) is 0 Å². The summed E-state index contributed by atoms with van der Waals surface area (Å²) in [4.78, 5) is 11.9. The lowest BCUT2D eigenvalue weighted by atomic mass is 10.1. The summed E-state index contributed by atoms with van der Waals surface area (Å²) < 4.78 is 12.0. The minimum absolute atomic E-state index is 0.0338. The standard InChI is InChI=1S/C17H19NO2S/c1-14(16-10-6-3-7-11-16)18-17(19)13-21(20)12-15-8-4-2-5-9-15/h2-11,14H,12-13H2,1H3,(H,18,19). The first-order valence-corrected chi connectivity index (χ1v) is 8.37. The van der Waals surface area contributed by atoms with Crippen LogP contribution in [0.3, 0.4) is 0 Å². The van der Waals surface area contributed by atoms with Crippen LogP contribution in [0.5, 0.6) is 0 Å². The molecule has 2 atom stereocenters. The molecule has 1 N–H and O–H groups in total. The number of amides is 1. The lowest BCUT2D eigenvalue weighted by Crippen LogP contribution is -2.31. The monoisotopic (exact) mass is 301 g/mol. The number of carbonyl (C=O) groups excluding carboxylic acids is 1. The van der Waals surface area contributed by atoms with Gasteiger partial charge in [-0.1, -0.05) is 60.7 Å². The lowest BCUT2D eigenvalue weighted by molar-refractivity contribution is -0.119. The van der Waals surface area contributed by atoms with Crippen LogP contribution in [0.1, 0.15) is 24.1 Å². The molecule has 0 saturated heterocycles. The smallest absolute Gasteiger partial charge is 0.233 e. The molecule has 110 valence electrons. The number of benzene rings is 2. The fourth-order valence-electron chi connectivity index (χ4n) is 2.07. The van der Waals surface area contributed by atoms with Crippen molar-refractivity contribution in [1.29, 1.82) is 0 Å². The van der Waals surface area contributed by atoms with Crippen LogP contribution in [-0.2, 0) is 21.3 Å². The fraction of sp³-hybridized carbons (Fsp3) is 0.235. The number of rotatable bonds is 6. The summed E-state index contributed by atoms with van der Waals surface area (Å²) in [6, 6.07) is 19.2. The molecule has 21 heavy (non-hydrogen) atoms. The van der Waals surface area contributed by atoms with E-state index in [0.29, 0.717) is 5.75 Å². The first-order chi connectivity index (χ1) is 10.1. The Kier molecular flexibility index (Phi) is 5.69. The summed E-state index contributed by atoms with van der Waals surface area (Å²) in [6.45, 7) is 1.92. The zero-order chi connectivity index (χ0) is 15.1. The van der Waals surface area contributed by atoms with Gasteiger partial charge in [0.25, 0.3) is 0 Å². The molecular weight excluding hydrogens is 282 g/mol. The van der Waals surface area contributed by atoms with Crippen molar-refractivity contribution in [3.8, 4) is 0 Å². The molecule has 0 heterocycles. The second-order valence-electron chi connectivity index (χ2n) is 4.91. The minimum atomic E-state index is -1.19. The summed E-state index contributed by atoms with van der Waals surface area (Å²) in [5, 5.41) is 2.88. The van der Waals surface area contributed by atoms with Gasteiger partial charge < -0.3 is 5.32 Å². The molecule has 0 aliphatic heterocycles. The third-order valence-corrected chi connectivity index (χ3v) is 4.38. The van der Waals surface area contributed by atoms with E-state index in [1.807, 2.05) is 67.6 Å². The van der Waals surface area contributed by atoms with Crippen LogP contribution in [0.15, 0.2) is 60.7 Å². The molecule has 0 radical (unpaired) electrons. The summed E-state index contributed by atoms with van der Waals surface area (Å²) >= 11 is 0. The van der Waals surface area contributed by atoms with E-state index >= 15 is 0 Å². The van der Waals surface area contributed by atoms with E-state index in [1.54, 1.807) is 0 Å². The first-order valence-electron chi connectivity index (χ1n) is 6.88. The Morgan fingerprint density at radius 1 is 1.05 bits per heavy atom. The average molecular weight is 301 g/mol. The van der Waals surface area contributed by atoms with Crippen molar-refractivity contribution < 1.29 is 9.00 Å². The van der Waals surface area contributed by atoms with Crippen LogP contribution in [0.25, 0.3) is 0 Å². The Morgan fingerprint density at radius 2 is 1.62 bits per heavy atom. The van der Waals surface area contributed by atoms with Crippen molar-refractivity contribution in [1.82, 2.24) is 5.32 Å². The SMILES string of the molecule is CC(NC(=O)CS(=O)Cc1ccccc1)c1ccccc1. The zero-order valence-corrected chi connectivity index (χ0v) is 12.8. The maximum absolute atomic E-state index is 12.0.